The molecule has 4 aromatic rings. The summed E-state index contributed by atoms with van der Waals surface area (Å²) in [4.78, 5) is 0.733. The monoisotopic (exact) mass is 542 g/mol. The Morgan fingerprint density at radius 2 is 1.13 bits per heavy atom. The quantitative estimate of drug-likeness (QED) is 0.210. The van der Waals surface area contributed by atoms with Crippen LogP contribution in [0, 0.1) is 0 Å². The maximum atomic E-state index is 13.6. The zero-order valence-electron chi connectivity index (χ0n) is 21.8. The molecule has 0 aromatic heterocycles. The first-order chi connectivity index (χ1) is 19.3. The average molecular weight is 543 g/mol. The third-order valence-electron chi connectivity index (χ3n) is 6.68. The molecular formula is C33H34O5S. The van der Waals surface area contributed by atoms with Crippen molar-refractivity contribution in [2.75, 3.05) is 6.61 Å². The molecule has 6 heteroatoms. The molecule has 0 aliphatic carbocycles. The molecule has 5 atom stereocenters. The largest absolute Gasteiger partial charge is 0.374 e. The molecule has 1 heterocycles. The summed E-state index contributed by atoms with van der Waals surface area (Å²) in [7, 11) is -1.37. The van der Waals surface area contributed by atoms with Crippen LogP contribution in [0.3, 0.4) is 0 Å². The minimum Gasteiger partial charge on any atom is -0.374 e. The van der Waals surface area contributed by atoms with E-state index >= 15 is 0 Å². The predicted molar refractivity (Wildman–Crippen MR) is 152 cm³/mol. The number of hydrogen-bond acceptors (Lipinski definition) is 5. The van der Waals surface area contributed by atoms with Crippen LogP contribution in [-0.2, 0) is 49.6 Å². The van der Waals surface area contributed by atoms with Crippen molar-refractivity contribution in [1.29, 1.82) is 0 Å². The van der Waals surface area contributed by atoms with Gasteiger partial charge in [-0.15, -0.1) is 0 Å². The highest BCUT2D eigenvalue weighted by atomic mass is 32.2. The molecule has 39 heavy (non-hydrogen) atoms. The molecule has 1 aliphatic rings. The number of rotatable bonds is 12. The van der Waals surface area contributed by atoms with Gasteiger partial charge in [-0.3, -0.25) is 4.21 Å². The Morgan fingerprint density at radius 1 is 0.641 bits per heavy atom. The van der Waals surface area contributed by atoms with Crippen LogP contribution >= 0.6 is 0 Å². The first-order valence-corrected chi connectivity index (χ1v) is 14.5. The molecule has 0 N–H and O–H groups in total. The van der Waals surface area contributed by atoms with E-state index in [2.05, 4.69) is 0 Å². The lowest BCUT2D eigenvalue weighted by Gasteiger charge is -2.41. The molecule has 0 radical (unpaired) electrons. The molecule has 1 saturated heterocycles. The van der Waals surface area contributed by atoms with Crippen LogP contribution in [0.25, 0.3) is 0 Å². The van der Waals surface area contributed by atoms with Crippen molar-refractivity contribution in [2.24, 2.45) is 0 Å². The fourth-order valence-corrected chi connectivity index (χ4v) is 6.00. The SMILES string of the molecule is O=S(c1ccccc1)C1C[C@@H](OCc2ccccc2)[C@H](OCc2ccccc2)[C@@H](COCc2ccccc2)O1. The standard InChI is InChI=1S/C33H34O5S/c34-39(29-19-11-4-12-20-29)32-21-30(36-23-27-15-7-2-8-16-27)33(37-24-28-17-9-3-10-18-28)31(38-32)25-35-22-26-13-5-1-6-14-26/h1-20,30-33H,21-25H2/t30-,31-,32?,33+,39?/m1/s1. The van der Waals surface area contributed by atoms with Crippen LogP contribution in [0.2, 0.25) is 0 Å². The van der Waals surface area contributed by atoms with E-state index in [1.54, 1.807) is 0 Å². The summed E-state index contributed by atoms with van der Waals surface area (Å²) in [6.07, 6.45) is -0.729. The molecule has 2 unspecified atom stereocenters. The van der Waals surface area contributed by atoms with Gasteiger partial charge in [-0.2, -0.15) is 0 Å². The van der Waals surface area contributed by atoms with Crippen LogP contribution in [0.5, 0.6) is 0 Å². The van der Waals surface area contributed by atoms with Gasteiger partial charge in [-0.05, 0) is 28.8 Å². The zero-order valence-corrected chi connectivity index (χ0v) is 22.7. The Kier molecular flexibility index (Phi) is 10.1. The van der Waals surface area contributed by atoms with Crippen LogP contribution in [0.1, 0.15) is 23.1 Å². The van der Waals surface area contributed by atoms with Gasteiger partial charge in [0.2, 0.25) is 0 Å². The zero-order chi connectivity index (χ0) is 26.7. The van der Waals surface area contributed by atoms with E-state index < -0.39 is 28.4 Å². The fraction of sp³-hybridized carbons (Fsp3) is 0.273. The molecular weight excluding hydrogens is 508 g/mol. The summed E-state index contributed by atoms with van der Waals surface area (Å²) >= 11 is 0. The number of hydrogen-bond donors (Lipinski definition) is 0. The fourth-order valence-electron chi connectivity index (χ4n) is 4.66. The third-order valence-corrected chi connectivity index (χ3v) is 8.20. The molecule has 1 fully saturated rings. The number of benzene rings is 4. The van der Waals surface area contributed by atoms with Gasteiger partial charge in [0, 0.05) is 11.3 Å². The lowest BCUT2D eigenvalue weighted by atomic mass is 10.0. The van der Waals surface area contributed by atoms with E-state index in [1.807, 2.05) is 121 Å². The maximum absolute atomic E-state index is 13.6. The van der Waals surface area contributed by atoms with Gasteiger partial charge in [0.05, 0.1) is 43.3 Å². The highest BCUT2D eigenvalue weighted by Crippen LogP contribution is 2.31. The van der Waals surface area contributed by atoms with Crippen LogP contribution < -0.4 is 0 Å². The Hall–Kier alpha value is -3.13. The molecule has 202 valence electrons. The third kappa shape index (κ3) is 7.94. The minimum absolute atomic E-state index is 0.294. The van der Waals surface area contributed by atoms with Crippen LogP contribution in [0.4, 0.5) is 0 Å². The summed E-state index contributed by atoms with van der Waals surface area (Å²) in [5, 5.41) is 0. The van der Waals surface area contributed by atoms with E-state index in [0.717, 1.165) is 21.6 Å². The Labute approximate surface area is 233 Å². The van der Waals surface area contributed by atoms with Gasteiger partial charge in [0.1, 0.15) is 17.6 Å². The molecule has 4 aromatic carbocycles. The number of ether oxygens (including phenoxy) is 4. The Bertz CT molecular complexity index is 1270. The second kappa shape index (κ2) is 14.3. The van der Waals surface area contributed by atoms with Crippen LogP contribution in [0.15, 0.2) is 126 Å². The van der Waals surface area contributed by atoms with Crippen molar-refractivity contribution in [3.63, 3.8) is 0 Å². The molecule has 1 aliphatic heterocycles. The van der Waals surface area contributed by atoms with Crippen molar-refractivity contribution in [3.05, 3.63) is 138 Å². The normalized spacial score (nSPS) is 21.8. The highest BCUT2D eigenvalue weighted by Gasteiger charge is 2.43. The summed E-state index contributed by atoms with van der Waals surface area (Å²) in [6, 6.07) is 39.6. The summed E-state index contributed by atoms with van der Waals surface area (Å²) in [6.45, 7) is 1.59. The molecule has 0 spiro atoms. The highest BCUT2D eigenvalue weighted by molar-refractivity contribution is 7.85. The van der Waals surface area contributed by atoms with E-state index in [-0.39, 0.29) is 6.10 Å². The van der Waals surface area contributed by atoms with Crippen molar-refractivity contribution >= 4 is 10.8 Å². The minimum atomic E-state index is -1.37. The van der Waals surface area contributed by atoms with Crippen molar-refractivity contribution in [3.8, 4) is 0 Å². The smallest absolute Gasteiger partial charge is 0.140 e. The van der Waals surface area contributed by atoms with E-state index in [4.69, 9.17) is 18.9 Å². The van der Waals surface area contributed by atoms with E-state index in [1.165, 1.54) is 0 Å². The van der Waals surface area contributed by atoms with Gasteiger partial charge in [-0.1, -0.05) is 109 Å². The second-order valence-corrected chi connectivity index (χ2v) is 11.1. The Morgan fingerprint density at radius 3 is 1.69 bits per heavy atom. The van der Waals surface area contributed by atoms with Gasteiger partial charge < -0.3 is 18.9 Å². The van der Waals surface area contributed by atoms with Gasteiger partial charge in [-0.25, -0.2) is 0 Å². The lowest BCUT2D eigenvalue weighted by molar-refractivity contribution is -0.205. The predicted octanol–water partition coefficient (Wildman–Crippen LogP) is 6.30. The van der Waals surface area contributed by atoms with Crippen LogP contribution in [-0.4, -0.2) is 34.6 Å². The molecule has 5 nitrogen and oxygen atoms in total. The molecule has 0 saturated carbocycles. The first kappa shape index (κ1) is 27.4. The van der Waals surface area contributed by atoms with Gasteiger partial charge in [0.15, 0.2) is 0 Å². The lowest BCUT2D eigenvalue weighted by Crippen LogP contribution is -2.53. The average Bonchev–Trinajstić information content (AvgIpc) is 3.01. The van der Waals surface area contributed by atoms with Gasteiger partial charge >= 0.3 is 0 Å². The first-order valence-electron chi connectivity index (χ1n) is 13.3. The van der Waals surface area contributed by atoms with E-state index in [9.17, 15) is 4.21 Å². The van der Waals surface area contributed by atoms with Crippen molar-refractivity contribution in [1.82, 2.24) is 0 Å². The van der Waals surface area contributed by atoms with Crippen molar-refractivity contribution < 1.29 is 23.2 Å². The molecule has 0 amide bonds. The van der Waals surface area contributed by atoms with E-state index in [0.29, 0.717) is 32.8 Å². The summed E-state index contributed by atoms with van der Waals surface area (Å²) < 4.78 is 39.2. The summed E-state index contributed by atoms with van der Waals surface area (Å²) in [5.74, 6) is 0. The summed E-state index contributed by atoms with van der Waals surface area (Å²) in [5.41, 5.74) is 2.67. The molecule has 0 bridgehead atoms. The Balaban J connectivity index is 1.36. The topological polar surface area (TPSA) is 54.0 Å². The van der Waals surface area contributed by atoms with Gasteiger partial charge in [0.25, 0.3) is 0 Å². The second-order valence-electron chi connectivity index (χ2n) is 9.55. The maximum Gasteiger partial charge on any atom is 0.140 e. The molecule has 5 rings (SSSR count). The van der Waals surface area contributed by atoms with Crippen molar-refractivity contribution in [2.45, 2.75) is 54.9 Å².